The number of piperidine rings is 1. The number of piperazine rings is 2. The SMILES string of the molecule is Cc1[nH]nc(Nc2ncnc3cc(OCCCN4CCN(CC(=O)N5CCN(C[C@H]6CC[C@H](C)CN6CC(=O)N6CC(C)(C)c7ncc(Cc8ccc(F)cc8)cc76)[C@H](C)C5)CC4)c(S(=O)(=O)C(C)(C)C)cc23)c1C. The highest BCUT2D eigenvalue weighted by Crippen LogP contribution is 2.41. The quantitative estimate of drug-likeness (QED) is 0.0993. The van der Waals surface area contributed by atoms with Gasteiger partial charge in [-0.3, -0.25) is 34.4 Å². The number of pyridine rings is 1. The van der Waals surface area contributed by atoms with Crippen LogP contribution in [0.4, 0.5) is 21.7 Å². The van der Waals surface area contributed by atoms with E-state index >= 15 is 0 Å². The van der Waals surface area contributed by atoms with Gasteiger partial charge < -0.3 is 24.8 Å². The first kappa shape index (κ1) is 54.2. The van der Waals surface area contributed by atoms with Gasteiger partial charge in [-0.15, -0.1) is 0 Å². The van der Waals surface area contributed by atoms with Crippen LogP contribution in [0.2, 0.25) is 0 Å². The van der Waals surface area contributed by atoms with Gasteiger partial charge in [0.05, 0.1) is 41.3 Å². The maximum atomic E-state index is 14.4. The summed E-state index contributed by atoms with van der Waals surface area (Å²) in [4.78, 5) is 55.6. The molecule has 19 heteroatoms. The summed E-state index contributed by atoms with van der Waals surface area (Å²) in [6, 6.07) is 12.4. The molecule has 4 aliphatic heterocycles. The number of nitrogens with one attached hydrogen (secondary N) is 2. The molecule has 7 heterocycles. The molecule has 0 aliphatic carbocycles. The number of anilines is 3. The number of likely N-dealkylation sites (tertiary alicyclic amines) is 1. The van der Waals surface area contributed by atoms with Crippen LogP contribution >= 0.6 is 0 Å². The first-order chi connectivity index (χ1) is 35.6. The average Bonchev–Trinajstić information content (AvgIpc) is 3.83. The maximum absolute atomic E-state index is 14.4. The Morgan fingerprint density at radius 3 is 2.32 bits per heavy atom. The van der Waals surface area contributed by atoms with Crippen LogP contribution in [-0.2, 0) is 31.3 Å². The van der Waals surface area contributed by atoms with Crippen molar-refractivity contribution in [1.82, 2.24) is 49.6 Å². The van der Waals surface area contributed by atoms with Gasteiger partial charge in [0, 0.05) is 118 Å². The topological polar surface area (TPSA) is 176 Å². The molecule has 2 N–H and O–H groups in total. The molecule has 3 saturated heterocycles. The van der Waals surface area contributed by atoms with Gasteiger partial charge >= 0.3 is 0 Å². The summed E-state index contributed by atoms with van der Waals surface area (Å²) in [5, 5.41) is 11.1. The number of amides is 2. The van der Waals surface area contributed by atoms with Crippen molar-refractivity contribution < 1.29 is 27.1 Å². The second-order valence-corrected chi connectivity index (χ2v) is 25.9. The lowest BCUT2D eigenvalue weighted by atomic mass is 9.91. The molecule has 3 aromatic heterocycles. The van der Waals surface area contributed by atoms with Crippen molar-refractivity contribution in [3.05, 3.63) is 88.9 Å². The molecule has 3 atom stereocenters. The van der Waals surface area contributed by atoms with E-state index in [2.05, 4.69) is 78.8 Å². The monoisotopic (exact) mass is 1050 g/mol. The van der Waals surface area contributed by atoms with Crippen LogP contribution in [0, 0.1) is 25.6 Å². The normalized spacial score (nSPS) is 21.2. The number of fused-ring (bicyclic) bond motifs is 2. The Balaban J connectivity index is 0.736. The molecule has 17 nitrogen and oxygen atoms in total. The van der Waals surface area contributed by atoms with E-state index < -0.39 is 14.6 Å². The number of nitrogens with zero attached hydrogens (tertiary/aromatic N) is 10. The fraction of sp³-hybridized carbons (Fsp3) is 0.571. The summed E-state index contributed by atoms with van der Waals surface area (Å²) in [5.41, 5.74) is 5.94. The number of aromatic nitrogens is 5. The number of sulfone groups is 1. The van der Waals surface area contributed by atoms with Crippen LogP contribution in [0.1, 0.15) is 95.8 Å². The van der Waals surface area contributed by atoms with Crippen molar-refractivity contribution in [2.24, 2.45) is 5.92 Å². The van der Waals surface area contributed by atoms with E-state index in [-0.39, 0.29) is 45.8 Å². The predicted molar refractivity (Wildman–Crippen MR) is 291 cm³/mol. The fourth-order valence-corrected chi connectivity index (χ4v) is 12.4. The van der Waals surface area contributed by atoms with Crippen molar-refractivity contribution in [3.8, 4) is 5.75 Å². The number of rotatable bonds is 16. The molecule has 9 rings (SSSR count). The Morgan fingerprint density at radius 1 is 0.867 bits per heavy atom. The summed E-state index contributed by atoms with van der Waals surface area (Å²) in [6.45, 7) is 27.3. The number of H-pyrrole nitrogens is 1. The lowest BCUT2D eigenvalue weighted by molar-refractivity contribution is -0.136. The van der Waals surface area contributed by atoms with E-state index in [4.69, 9.17) is 9.72 Å². The smallest absolute Gasteiger partial charge is 0.241 e. The van der Waals surface area contributed by atoms with Crippen LogP contribution in [0.3, 0.4) is 0 Å². The number of benzene rings is 2. The minimum atomic E-state index is -3.81. The zero-order chi connectivity index (χ0) is 53.4. The van der Waals surface area contributed by atoms with E-state index in [0.29, 0.717) is 80.6 Å². The molecule has 404 valence electrons. The van der Waals surface area contributed by atoms with Crippen molar-refractivity contribution in [3.63, 3.8) is 0 Å². The standard InChI is InChI=1S/C56H77FN12O5S/c1-37-11-16-44(68(30-37)34-51(71)69-35-56(8,9)52-47(69)26-42(29-58-52)25-41-12-14-43(57)15-13-41)32-66-22-23-67(31-38(66)2)50(70)33-65-20-18-64(19-21-65)17-10-24-74-48-28-46-45(27-49(48)75(72,73)55(5,6)7)54(60-36-59-46)61-53-39(3)40(4)62-63-53/h12-15,26-29,36-38,44H,10-11,16-25,30-35H2,1-9H3,(H2,59,60,61,62,63)/t37-,38+,44+/m0/s1. The zero-order valence-electron chi connectivity index (χ0n) is 45.5. The summed E-state index contributed by atoms with van der Waals surface area (Å²) in [5.74, 6) is 1.83. The highest BCUT2D eigenvalue weighted by atomic mass is 32.2. The van der Waals surface area contributed by atoms with E-state index in [0.717, 1.165) is 99.0 Å². The minimum Gasteiger partial charge on any atom is -0.492 e. The lowest BCUT2D eigenvalue weighted by Gasteiger charge is -2.46. The molecule has 0 saturated carbocycles. The van der Waals surface area contributed by atoms with Gasteiger partial charge in [0.2, 0.25) is 11.8 Å². The number of aryl methyl sites for hydroxylation is 1. The number of hydrogen-bond acceptors (Lipinski definition) is 14. The van der Waals surface area contributed by atoms with E-state index in [9.17, 15) is 22.4 Å². The molecular formula is C56H77FN12O5S. The predicted octanol–water partition coefficient (Wildman–Crippen LogP) is 6.75. The summed E-state index contributed by atoms with van der Waals surface area (Å²) >= 11 is 0. The molecule has 0 radical (unpaired) electrons. The number of carbonyl (C=O) groups is 2. The van der Waals surface area contributed by atoms with Crippen molar-refractivity contribution in [1.29, 1.82) is 0 Å². The van der Waals surface area contributed by atoms with Crippen molar-refractivity contribution in [2.75, 3.05) is 102 Å². The van der Waals surface area contributed by atoms with Gasteiger partial charge in [-0.2, -0.15) is 5.10 Å². The summed E-state index contributed by atoms with van der Waals surface area (Å²) < 4.78 is 46.8. The minimum absolute atomic E-state index is 0.0954. The van der Waals surface area contributed by atoms with Crippen molar-refractivity contribution >= 4 is 49.9 Å². The lowest BCUT2D eigenvalue weighted by Crippen LogP contribution is -2.59. The van der Waals surface area contributed by atoms with Gasteiger partial charge in [0.1, 0.15) is 28.6 Å². The third-order valence-electron chi connectivity index (χ3n) is 16.0. The Kier molecular flexibility index (Phi) is 16.0. The molecule has 2 aromatic carbocycles. The highest BCUT2D eigenvalue weighted by molar-refractivity contribution is 7.92. The molecule has 0 unspecified atom stereocenters. The number of aromatic amines is 1. The molecule has 0 bridgehead atoms. The van der Waals surface area contributed by atoms with Gasteiger partial charge in [-0.05, 0) is 109 Å². The van der Waals surface area contributed by atoms with Crippen LogP contribution in [-0.4, -0.2) is 178 Å². The average molecular weight is 1050 g/mol. The van der Waals surface area contributed by atoms with Crippen LogP contribution in [0.15, 0.2) is 59.9 Å². The molecular weight excluding hydrogens is 972 g/mol. The van der Waals surface area contributed by atoms with E-state index in [1.54, 1.807) is 45.0 Å². The zero-order valence-corrected chi connectivity index (χ0v) is 46.3. The Morgan fingerprint density at radius 2 is 1.61 bits per heavy atom. The molecule has 2 amide bonds. The second-order valence-electron chi connectivity index (χ2n) is 23.2. The number of hydrogen-bond donors (Lipinski definition) is 2. The maximum Gasteiger partial charge on any atom is 0.241 e. The highest BCUT2D eigenvalue weighted by Gasteiger charge is 2.42. The second kappa shape index (κ2) is 22.2. The Hall–Kier alpha value is -5.60. The molecule has 3 fully saturated rings. The summed E-state index contributed by atoms with van der Waals surface area (Å²) in [7, 11) is -3.81. The first-order valence-electron chi connectivity index (χ1n) is 26.8. The largest absolute Gasteiger partial charge is 0.492 e. The number of ether oxygens (including phenoxy) is 1. The fourth-order valence-electron chi connectivity index (χ4n) is 11.1. The van der Waals surface area contributed by atoms with Gasteiger partial charge in [0.25, 0.3) is 0 Å². The van der Waals surface area contributed by atoms with Gasteiger partial charge in [-0.1, -0.05) is 32.9 Å². The van der Waals surface area contributed by atoms with Gasteiger partial charge in [-0.25, -0.2) is 22.8 Å². The Labute approximate surface area is 442 Å². The number of halogens is 1. The van der Waals surface area contributed by atoms with Crippen molar-refractivity contribution in [2.45, 2.75) is 115 Å². The number of carbonyl (C=O) groups excluding carboxylic acids is 2. The molecule has 5 aromatic rings. The summed E-state index contributed by atoms with van der Waals surface area (Å²) in [6.07, 6.45) is 6.80. The molecule has 75 heavy (non-hydrogen) atoms. The Bertz CT molecular complexity index is 2970. The van der Waals surface area contributed by atoms with Gasteiger partial charge in [0.15, 0.2) is 15.7 Å². The molecule has 0 spiro atoms. The van der Waals surface area contributed by atoms with Crippen LogP contribution in [0.25, 0.3) is 10.9 Å². The van der Waals surface area contributed by atoms with E-state index in [1.807, 2.05) is 29.8 Å². The van der Waals surface area contributed by atoms with Crippen LogP contribution in [0.5, 0.6) is 5.75 Å². The molecule has 4 aliphatic rings. The first-order valence-corrected chi connectivity index (χ1v) is 28.3. The third-order valence-corrected chi connectivity index (χ3v) is 18.5. The van der Waals surface area contributed by atoms with E-state index in [1.165, 1.54) is 18.5 Å². The third kappa shape index (κ3) is 12.2. The van der Waals surface area contributed by atoms with Crippen LogP contribution < -0.4 is 15.0 Å².